The van der Waals surface area contributed by atoms with Crippen LogP contribution in [0.4, 0.5) is 0 Å². The van der Waals surface area contributed by atoms with Gasteiger partial charge in [-0.05, 0) is 40.4 Å². The van der Waals surface area contributed by atoms with Gasteiger partial charge in [-0.2, -0.15) is 0 Å². The summed E-state index contributed by atoms with van der Waals surface area (Å²) < 4.78 is 0. The molecule has 0 saturated carbocycles. The van der Waals surface area contributed by atoms with Crippen molar-refractivity contribution in [2.45, 2.75) is 79.8 Å². The van der Waals surface area contributed by atoms with Gasteiger partial charge in [0, 0.05) is 19.0 Å². The second-order valence-electron chi connectivity index (χ2n) is 11.0. The highest BCUT2D eigenvalue weighted by Crippen LogP contribution is 2.24. The van der Waals surface area contributed by atoms with E-state index in [-0.39, 0.29) is 34.7 Å². The Morgan fingerprint density at radius 3 is 1.78 bits per heavy atom. The fourth-order valence-electron chi connectivity index (χ4n) is 3.78. The molecule has 0 spiro atoms. The van der Waals surface area contributed by atoms with Gasteiger partial charge in [-0.3, -0.25) is 9.59 Å². The summed E-state index contributed by atoms with van der Waals surface area (Å²) in [6, 6.07) is 18.5. The van der Waals surface area contributed by atoms with Crippen molar-refractivity contribution in [2.24, 2.45) is 10.8 Å². The molecule has 0 aromatic heterocycles. The normalized spacial score (nSPS) is 13.8. The maximum Gasteiger partial charge on any atom is 0.224 e. The van der Waals surface area contributed by atoms with Crippen LogP contribution in [0.2, 0.25) is 0 Å². The third-order valence-corrected chi connectivity index (χ3v) is 5.88. The molecular weight excluding hydrogens is 396 g/mol. The lowest BCUT2D eigenvalue weighted by molar-refractivity contribution is -0.122. The van der Waals surface area contributed by atoms with Gasteiger partial charge in [-0.15, -0.1) is 0 Å². The maximum atomic E-state index is 12.9. The van der Waals surface area contributed by atoms with E-state index >= 15 is 0 Å². The predicted molar refractivity (Wildman–Crippen MR) is 132 cm³/mol. The molecule has 0 saturated heterocycles. The largest absolute Gasteiger partial charge is 0.353 e. The van der Waals surface area contributed by atoms with Crippen molar-refractivity contribution >= 4 is 11.8 Å². The van der Waals surface area contributed by atoms with Crippen molar-refractivity contribution in [3.8, 4) is 0 Å². The van der Waals surface area contributed by atoms with Gasteiger partial charge in [0.1, 0.15) is 0 Å². The van der Waals surface area contributed by atoms with Gasteiger partial charge in [-0.25, -0.2) is 0 Å². The number of hydrogen-bond donors (Lipinski definition) is 2. The van der Waals surface area contributed by atoms with Gasteiger partial charge in [0.05, 0.1) is 6.42 Å². The van der Waals surface area contributed by atoms with Crippen LogP contribution in [0.1, 0.15) is 65.2 Å². The van der Waals surface area contributed by atoms with Crippen molar-refractivity contribution in [2.75, 3.05) is 0 Å². The lowest BCUT2D eigenvalue weighted by atomic mass is 9.82. The van der Waals surface area contributed by atoms with Crippen LogP contribution in [-0.4, -0.2) is 23.9 Å². The molecule has 2 amide bonds. The average molecular weight is 437 g/mol. The van der Waals surface area contributed by atoms with Gasteiger partial charge >= 0.3 is 0 Å². The molecule has 0 aliphatic rings. The first kappa shape index (κ1) is 25.6. The zero-order valence-electron chi connectivity index (χ0n) is 20.8. The smallest absolute Gasteiger partial charge is 0.224 e. The Morgan fingerprint density at radius 2 is 1.22 bits per heavy atom. The summed E-state index contributed by atoms with van der Waals surface area (Å²) in [6.07, 6.45) is 1.88. The van der Waals surface area contributed by atoms with E-state index in [0.717, 1.165) is 24.0 Å². The first-order valence-electron chi connectivity index (χ1n) is 11.5. The van der Waals surface area contributed by atoms with Crippen LogP contribution in [0, 0.1) is 10.8 Å². The Bertz CT molecular complexity index is 892. The van der Waals surface area contributed by atoms with E-state index in [4.69, 9.17) is 0 Å². The second-order valence-corrected chi connectivity index (χ2v) is 11.0. The van der Waals surface area contributed by atoms with E-state index < -0.39 is 0 Å². The molecule has 2 N–H and O–H groups in total. The molecule has 0 aliphatic carbocycles. The van der Waals surface area contributed by atoms with Gasteiger partial charge in [-0.1, -0.05) is 96.1 Å². The van der Waals surface area contributed by atoms with Crippen LogP contribution in [0.5, 0.6) is 0 Å². The molecule has 2 rings (SSSR count). The van der Waals surface area contributed by atoms with Crippen molar-refractivity contribution in [3.05, 3.63) is 71.3 Å². The lowest BCUT2D eigenvalue weighted by Gasteiger charge is -2.32. The number of rotatable bonds is 8. The van der Waals surface area contributed by atoms with Crippen molar-refractivity contribution in [3.63, 3.8) is 0 Å². The summed E-state index contributed by atoms with van der Waals surface area (Å²) in [5, 5.41) is 6.34. The molecule has 0 heterocycles. The van der Waals surface area contributed by atoms with Crippen molar-refractivity contribution < 1.29 is 9.59 Å². The maximum absolute atomic E-state index is 12.9. The molecule has 174 valence electrons. The molecule has 0 radical (unpaired) electrons. The highest BCUT2D eigenvalue weighted by atomic mass is 16.2. The molecule has 1 unspecified atom stereocenters. The summed E-state index contributed by atoms with van der Waals surface area (Å²) >= 11 is 0. The van der Waals surface area contributed by atoms with E-state index in [0.29, 0.717) is 6.42 Å². The van der Waals surface area contributed by atoms with Crippen LogP contribution in [0.3, 0.4) is 0 Å². The van der Waals surface area contributed by atoms with E-state index in [9.17, 15) is 9.59 Å². The first-order valence-corrected chi connectivity index (χ1v) is 11.5. The molecule has 0 fully saturated rings. The molecule has 32 heavy (non-hydrogen) atoms. The van der Waals surface area contributed by atoms with Crippen LogP contribution >= 0.6 is 0 Å². The molecule has 2 atom stereocenters. The average Bonchev–Trinajstić information content (AvgIpc) is 2.66. The highest BCUT2D eigenvalue weighted by Gasteiger charge is 2.27. The molecule has 2 aromatic carbocycles. The Hall–Kier alpha value is -2.62. The summed E-state index contributed by atoms with van der Waals surface area (Å²) in [4.78, 5) is 24.6. The van der Waals surface area contributed by atoms with Crippen molar-refractivity contribution in [1.82, 2.24) is 10.6 Å². The second kappa shape index (κ2) is 10.8. The lowest BCUT2D eigenvalue weighted by Crippen LogP contribution is -2.45. The zero-order valence-corrected chi connectivity index (χ0v) is 20.8. The third-order valence-electron chi connectivity index (χ3n) is 5.88. The molecular formula is C28H40N2O2. The minimum absolute atomic E-state index is 0.0212. The van der Waals surface area contributed by atoms with E-state index in [2.05, 4.69) is 76.4 Å². The predicted octanol–water partition coefficient (Wildman–Crippen LogP) is 5.10. The molecule has 4 heteroatoms. The molecule has 2 aromatic rings. The zero-order chi connectivity index (χ0) is 23.9. The quantitative estimate of drug-likeness (QED) is 0.605. The topological polar surface area (TPSA) is 58.2 Å². The fraction of sp³-hybridized carbons (Fsp3) is 0.500. The van der Waals surface area contributed by atoms with E-state index in [1.165, 1.54) is 5.56 Å². The fourth-order valence-corrected chi connectivity index (χ4v) is 3.78. The summed E-state index contributed by atoms with van der Waals surface area (Å²) in [5.74, 6) is 0.0133. The Balaban J connectivity index is 2.08. The number of nitrogens with one attached hydrogen (secondary N) is 2. The number of amides is 2. The monoisotopic (exact) mass is 436 g/mol. The molecule has 0 bridgehead atoms. The minimum atomic E-state index is -0.0591. The first-order chi connectivity index (χ1) is 14.8. The van der Waals surface area contributed by atoms with E-state index in [1.807, 2.05) is 30.3 Å². The summed E-state index contributed by atoms with van der Waals surface area (Å²) in [5.41, 5.74) is 3.23. The SMILES string of the molecule is CC(=O)NC(Cc1cccc(CC(=O)N[C@@H](Cc2ccccc2)C(C)(C)C)c1)C(C)(C)C. The van der Waals surface area contributed by atoms with Crippen LogP contribution < -0.4 is 10.6 Å². The molecule has 4 nitrogen and oxygen atoms in total. The number of benzene rings is 2. The third kappa shape index (κ3) is 8.49. The van der Waals surface area contributed by atoms with Crippen LogP contribution in [0.25, 0.3) is 0 Å². The standard InChI is InChI=1S/C28H40N2O2/c1-20(31)29-24(27(2,3)4)18-22-14-11-15-23(16-22)19-26(32)30-25(28(5,6)7)17-21-12-9-8-10-13-21/h8-16,24-25H,17-19H2,1-7H3,(H,29,31)(H,30,32)/t24?,25-/m0/s1. The minimum Gasteiger partial charge on any atom is -0.353 e. The summed E-state index contributed by atoms with van der Waals surface area (Å²) in [7, 11) is 0. The van der Waals surface area contributed by atoms with Crippen molar-refractivity contribution in [1.29, 1.82) is 0 Å². The number of hydrogen-bond acceptors (Lipinski definition) is 2. The van der Waals surface area contributed by atoms with Crippen LogP contribution in [0.15, 0.2) is 54.6 Å². The van der Waals surface area contributed by atoms with Gasteiger partial charge < -0.3 is 10.6 Å². The Kier molecular flexibility index (Phi) is 8.65. The van der Waals surface area contributed by atoms with E-state index in [1.54, 1.807) is 6.92 Å². The Morgan fingerprint density at radius 1 is 0.719 bits per heavy atom. The van der Waals surface area contributed by atoms with Crippen LogP contribution in [-0.2, 0) is 28.9 Å². The number of carbonyl (C=O) groups is 2. The van der Waals surface area contributed by atoms with Gasteiger partial charge in [0.15, 0.2) is 0 Å². The number of carbonyl (C=O) groups excluding carboxylic acids is 2. The highest BCUT2D eigenvalue weighted by molar-refractivity contribution is 5.79. The van der Waals surface area contributed by atoms with Gasteiger partial charge in [0.2, 0.25) is 11.8 Å². The Labute approximate surface area is 194 Å². The van der Waals surface area contributed by atoms with Gasteiger partial charge in [0.25, 0.3) is 0 Å². The molecule has 0 aliphatic heterocycles. The summed E-state index contributed by atoms with van der Waals surface area (Å²) in [6.45, 7) is 14.4.